The molecule has 5 nitrogen and oxygen atoms in total. The maximum Gasteiger partial charge on any atom is 0.266 e. The Hall–Kier alpha value is -3.51. The number of carbonyl (C=O) groups is 1. The molecule has 0 atom stereocenters. The van der Waals surface area contributed by atoms with Crippen LogP contribution in [0.25, 0.3) is 6.08 Å². The third-order valence-corrected chi connectivity index (χ3v) is 6.28. The highest BCUT2D eigenvalue weighted by atomic mass is 32.2. The number of methoxy groups -OCH3 is 1. The molecule has 0 saturated carbocycles. The van der Waals surface area contributed by atoms with E-state index in [1.54, 1.807) is 19.1 Å². The summed E-state index contributed by atoms with van der Waals surface area (Å²) in [6.45, 7) is 4.55. The summed E-state index contributed by atoms with van der Waals surface area (Å²) in [5.74, 6) is 1.20. The first-order chi connectivity index (χ1) is 15.9. The summed E-state index contributed by atoms with van der Waals surface area (Å²) in [5.41, 5.74) is 5.14. The monoisotopic (exact) mass is 458 g/mol. The first-order valence-corrected chi connectivity index (χ1v) is 11.4. The number of benzene rings is 3. The zero-order chi connectivity index (χ0) is 23.4. The molecule has 1 heterocycles. The highest BCUT2D eigenvalue weighted by Gasteiger charge is 2.30. The van der Waals surface area contributed by atoms with Crippen LogP contribution in [0.5, 0.6) is 11.5 Å². The van der Waals surface area contributed by atoms with E-state index >= 15 is 0 Å². The van der Waals surface area contributed by atoms with Crippen molar-refractivity contribution in [1.82, 2.24) is 4.90 Å². The van der Waals surface area contributed by atoms with E-state index in [-0.39, 0.29) is 5.91 Å². The average molecular weight is 459 g/mol. The van der Waals surface area contributed by atoms with Crippen LogP contribution in [0, 0.1) is 13.8 Å². The van der Waals surface area contributed by atoms with Gasteiger partial charge in [0.05, 0.1) is 17.7 Å². The standard InChI is InChI=1S/C27H26N2O3S/c1-18-8-11-22(12-9-18)28-27-29(3)26(30)25(33-27)16-20-10-13-23(24(15-20)31-4)32-17-21-7-5-6-19(2)14-21/h5-16H,17H2,1-4H3/b25-16+,28-27?. The molecule has 0 bridgehead atoms. The van der Waals surface area contributed by atoms with Crippen molar-refractivity contribution in [3.8, 4) is 11.5 Å². The minimum absolute atomic E-state index is 0.0791. The van der Waals surface area contributed by atoms with Gasteiger partial charge in [0.2, 0.25) is 0 Å². The number of hydrogen-bond donors (Lipinski definition) is 0. The van der Waals surface area contributed by atoms with Crippen molar-refractivity contribution >= 4 is 34.6 Å². The summed E-state index contributed by atoms with van der Waals surface area (Å²) >= 11 is 1.36. The Balaban J connectivity index is 1.52. The zero-order valence-corrected chi connectivity index (χ0v) is 20.0. The Morgan fingerprint density at radius 2 is 1.76 bits per heavy atom. The fraction of sp³-hybridized carbons (Fsp3) is 0.185. The third kappa shape index (κ3) is 5.46. The number of carbonyl (C=O) groups excluding carboxylic acids is 1. The Bertz CT molecular complexity index is 1230. The number of amidine groups is 1. The number of ether oxygens (including phenoxy) is 2. The van der Waals surface area contributed by atoms with Crippen LogP contribution in [0.15, 0.2) is 76.6 Å². The fourth-order valence-electron chi connectivity index (χ4n) is 3.39. The second-order valence-electron chi connectivity index (χ2n) is 7.89. The summed E-state index contributed by atoms with van der Waals surface area (Å²) in [4.78, 5) is 19.6. The van der Waals surface area contributed by atoms with Crippen LogP contribution in [0.4, 0.5) is 5.69 Å². The van der Waals surface area contributed by atoms with Gasteiger partial charge in [0.1, 0.15) is 6.61 Å². The lowest BCUT2D eigenvalue weighted by Crippen LogP contribution is -2.23. The Morgan fingerprint density at radius 1 is 0.970 bits per heavy atom. The molecule has 0 N–H and O–H groups in total. The summed E-state index contributed by atoms with van der Waals surface area (Å²) < 4.78 is 11.5. The molecule has 0 unspecified atom stereocenters. The minimum atomic E-state index is -0.0791. The van der Waals surface area contributed by atoms with Crippen molar-refractivity contribution in [2.45, 2.75) is 20.5 Å². The van der Waals surface area contributed by atoms with E-state index in [4.69, 9.17) is 9.47 Å². The lowest BCUT2D eigenvalue weighted by molar-refractivity contribution is -0.121. The topological polar surface area (TPSA) is 51.1 Å². The SMILES string of the molecule is COc1cc(/C=C2/SC(=Nc3ccc(C)cc3)N(C)C2=O)ccc1OCc1cccc(C)c1. The van der Waals surface area contributed by atoms with Crippen molar-refractivity contribution in [3.05, 3.63) is 93.9 Å². The maximum absolute atomic E-state index is 12.8. The van der Waals surface area contributed by atoms with Crippen LogP contribution < -0.4 is 9.47 Å². The highest BCUT2D eigenvalue weighted by molar-refractivity contribution is 8.18. The number of likely N-dealkylation sites (N-methyl/N-ethyl adjacent to an activating group) is 1. The van der Waals surface area contributed by atoms with Gasteiger partial charge >= 0.3 is 0 Å². The molecule has 3 aromatic carbocycles. The number of aliphatic imine (C=N–C) groups is 1. The van der Waals surface area contributed by atoms with Gasteiger partial charge in [-0.15, -0.1) is 0 Å². The van der Waals surface area contributed by atoms with E-state index in [0.717, 1.165) is 16.8 Å². The number of hydrogen-bond acceptors (Lipinski definition) is 5. The molecule has 3 aromatic rings. The number of aryl methyl sites for hydroxylation is 2. The molecule has 1 amide bonds. The number of nitrogens with zero attached hydrogens (tertiary/aromatic N) is 2. The molecule has 33 heavy (non-hydrogen) atoms. The number of amides is 1. The number of thioether (sulfide) groups is 1. The second-order valence-corrected chi connectivity index (χ2v) is 8.90. The third-order valence-electron chi connectivity index (χ3n) is 5.22. The second kappa shape index (κ2) is 9.96. The summed E-state index contributed by atoms with van der Waals surface area (Å²) in [7, 11) is 3.35. The zero-order valence-electron chi connectivity index (χ0n) is 19.2. The lowest BCUT2D eigenvalue weighted by atomic mass is 10.1. The molecule has 1 aliphatic rings. The van der Waals surface area contributed by atoms with Crippen LogP contribution in [0.3, 0.4) is 0 Å². The number of rotatable bonds is 6. The summed E-state index contributed by atoms with van der Waals surface area (Å²) in [5, 5.41) is 0.653. The molecule has 1 fully saturated rings. The van der Waals surface area contributed by atoms with E-state index in [2.05, 4.69) is 24.0 Å². The van der Waals surface area contributed by atoms with Crippen LogP contribution in [-0.4, -0.2) is 30.1 Å². The molecule has 0 radical (unpaired) electrons. The van der Waals surface area contributed by atoms with Crippen molar-refractivity contribution < 1.29 is 14.3 Å². The van der Waals surface area contributed by atoms with Crippen molar-refractivity contribution in [1.29, 1.82) is 0 Å². The van der Waals surface area contributed by atoms with E-state index in [0.29, 0.717) is 28.2 Å². The first-order valence-electron chi connectivity index (χ1n) is 10.6. The average Bonchev–Trinajstić information content (AvgIpc) is 3.07. The van der Waals surface area contributed by atoms with Crippen molar-refractivity contribution in [2.75, 3.05) is 14.2 Å². The molecular weight excluding hydrogens is 432 g/mol. The van der Waals surface area contributed by atoms with Gasteiger partial charge in [-0.3, -0.25) is 9.69 Å². The van der Waals surface area contributed by atoms with Gasteiger partial charge in [-0.2, -0.15) is 0 Å². The molecule has 0 spiro atoms. The Morgan fingerprint density at radius 3 is 2.48 bits per heavy atom. The molecule has 4 rings (SSSR count). The molecule has 0 aromatic heterocycles. The molecule has 168 valence electrons. The lowest BCUT2D eigenvalue weighted by Gasteiger charge is -2.12. The summed E-state index contributed by atoms with van der Waals surface area (Å²) in [6, 6.07) is 21.8. The van der Waals surface area contributed by atoms with Crippen molar-refractivity contribution in [2.24, 2.45) is 4.99 Å². The fourth-order valence-corrected chi connectivity index (χ4v) is 4.38. The summed E-state index contributed by atoms with van der Waals surface area (Å²) in [6.07, 6.45) is 1.86. The quantitative estimate of drug-likeness (QED) is 0.417. The van der Waals surface area contributed by atoms with Crippen LogP contribution in [0.1, 0.15) is 22.3 Å². The molecule has 0 aliphatic carbocycles. The van der Waals surface area contributed by atoms with Gasteiger partial charge < -0.3 is 9.47 Å². The van der Waals surface area contributed by atoms with E-state index in [9.17, 15) is 4.79 Å². The smallest absolute Gasteiger partial charge is 0.266 e. The largest absolute Gasteiger partial charge is 0.493 e. The van der Waals surface area contributed by atoms with Gasteiger partial charge in [0.25, 0.3) is 5.91 Å². The van der Waals surface area contributed by atoms with E-state index < -0.39 is 0 Å². The highest BCUT2D eigenvalue weighted by Crippen LogP contribution is 2.35. The van der Waals surface area contributed by atoms with E-state index in [1.165, 1.54) is 22.9 Å². The molecule has 6 heteroatoms. The predicted molar refractivity (Wildman–Crippen MR) is 135 cm³/mol. The maximum atomic E-state index is 12.8. The van der Waals surface area contributed by atoms with Gasteiger partial charge in [-0.05, 0) is 67.1 Å². The Kier molecular flexibility index (Phi) is 6.84. The van der Waals surface area contributed by atoms with E-state index in [1.807, 2.05) is 67.6 Å². The minimum Gasteiger partial charge on any atom is -0.493 e. The van der Waals surface area contributed by atoms with Crippen LogP contribution >= 0.6 is 11.8 Å². The van der Waals surface area contributed by atoms with Gasteiger partial charge in [-0.1, -0.05) is 53.6 Å². The molecule has 1 aliphatic heterocycles. The van der Waals surface area contributed by atoms with Gasteiger partial charge in [0, 0.05) is 7.05 Å². The molecule has 1 saturated heterocycles. The molecular formula is C27H26N2O3S. The van der Waals surface area contributed by atoms with Gasteiger partial charge in [-0.25, -0.2) is 4.99 Å². The van der Waals surface area contributed by atoms with Crippen LogP contribution in [-0.2, 0) is 11.4 Å². The van der Waals surface area contributed by atoms with Crippen LogP contribution in [0.2, 0.25) is 0 Å². The Labute approximate surface area is 198 Å². The normalized spacial score (nSPS) is 16.0. The van der Waals surface area contributed by atoms with Gasteiger partial charge in [0.15, 0.2) is 16.7 Å². The van der Waals surface area contributed by atoms with Crippen molar-refractivity contribution in [3.63, 3.8) is 0 Å². The predicted octanol–water partition coefficient (Wildman–Crippen LogP) is 6.12. The first kappa shape index (κ1) is 22.7.